The molecule has 0 spiro atoms. The van der Waals surface area contributed by atoms with Crippen molar-refractivity contribution >= 4 is 11.9 Å². The topological polar surface area (TPSA) is 84.5 Å². The lowest BCUT2D eigenvalue weighted by atomic mass is 9.79. The van der Waals surface area contributed by atoms with Crippen molar-refractivity contribution in [3.63, 3.8) is 0 Å². The van der Waals surface area contributed by atoms with Crippen LogP contribution in [0.25, 0.3) is 11.3 Å². The van der Waals surface area contributed by atoms with Crippen molar-refractivity contribution in [3.8, 4) is 23.1 Å². The summed E-state index contributed by atoms with van der Waals surface area (Å²) < 4.78 is 0. The van der Waals surface area contributed by atoms with Crippen molar-refractivity contribution < 1.29 is 4.79 Å². The minimum atomic E-state index is -1.02. The number of benzene rings is 1. The molecule has 1 aliphatic rings. The van der Waals surface area contributed by atoms with Gasteiger partial charge in [-0.1, -0.05) is 38.0 Å². The summed E-state index contributed by atoms with van der Waals surface area (Å²) >= 11 is 0. The number of aromatic nitrogens is 2. The summed E-state index contributed by atoms with van der Waals surface area (Å²) in [6, 6.07) is 7.66. The standard InChI is InChI=1S/C20H21N5O/c1-5-7-16-11-22-12-17(23-16)14-8-6-9-15(10-14)20(13(2)3)18(26)25(4)19(21)24-20/h6,8-13H,1-4H3,(H2,21,24). The summed E-state index contributed by atoms with van der Waals surface area (Å²) in [5.41, 5.74) is 7.86. The van der Waals surface area contributed by atoms with Crippen molar-refractivity contribution in [1.82, 2.24) is 14.9 Å². The Morgan fingerprint density at radius 3 is 2.65 bits per heavy atom. The second-order valence-electron chi connectivity index (χ2n) is 6.50. The van der Waals surface area contributed by atoms with E-state index in [1.165, 1.54) is 4.90 Å². The fraction of sp³-hybridized carbons (Fsp3) is 0.300. The summed E-state index contributed by atoms with van der Waals surface area (Å²) in [7, 11) is 1.65. The van der Waals surface area contributed by atoms with E-state index in [2.05, 4.69) is 26.8 Å². The van der Waals surface area contributed by atoms with E-state index in [0.29, 0.717) is 11.4 Å². The monoisotopic (exact) mass is 347 g/mol. The molecule has 6 nitrogen and oxygen atoms in total. The van der Waals surface area contributed by atoms with Gasteiger partial charge in [-0.3, -0.25) is 14.7 Å². The van der Waals surface area contributed by atoms with Crippen LogP contribution in [0.4, 0.5) is 0 Å². The van der Waals surface area contributed by atoms with Crippen LogP contribution >= 0.6 is 0 Å². The number of hydrogen-bond acceptors (Lipinski definition) is 5. The minimum Gasteiger partial charge on any atom is -0.369 e. The van der Waals surface area contributed by atoms with Crippen molar-refractivity contribution in [2.75, 3.05) is 7.05 Å². The van der Waals surface area contributed by atoms with Crippen LogP contribution in [-0.4, -0.2) is 33.8 Å². The number of hydrogen-bond donors (Lipinski definition) is 1. The third-order valence-electron chi connectivity index (χ3n) is 4.59. The SMILES string of the molecule is CC#Cc1cncc(-c2cccc(C3(C(C)C)N=C(N)N(C)C3=O)c2)n1. The molecule has 6 heteroatoms. The van der Waals surface area contributed by atoms with Gasteiger partial charge in [-0.25, -0.2) is 9.98 Å². The Kier molecular flexibility index (Phi) is 4.47. The molecule has 0 radical (unpaired) electrons. The molecule has 0 fully saturated rings. The molecule has 0 saturated carbocycles. The molecule has 1 atom stereocenters. The van der Waals surface area contributed by atoms with E-state index in [1.807, 2.05) is 38.1 Å². The first-order chi connectivity index (χ1) is 12.4. The highest BCUT2D eigenvalue weighted by Crippen LogP contribution is 2.40. The van der Waals surface area contributed by atoms with E-state index in [1.54, 1.807) is 26.4 Å². The summed E-state index contributed by atoms with van der Waals surface area (Å²) in [5, 5.41) is 0. The number of nitrogens with two attached hydrogens (primary N) is 1. The number of likely N-dealkylation sites (N-methyl/N-ethyl adjacent to an activating group) is 1. The van der Waals surface area contributed by atoms with Crippen LogP contribution in [0, 0.1) is 17.8 Å². The van der Waals surface area contributed by atoms with Gasteiger partial charge in [0.15, 0.2) is 11.5 Å². The average molecular weight is 347 g/mol. The fourth-order valence-corrected chi connectivity index (χ4v) is 3.17. The molecule has 0 bridgehead atoms. The zero-order chi connectivity index (χ0) is 18.9. The predicted octanol–water partition coefficient (Wildman–Crippen LogP) is 2.15. The zero-order valence-corrected chi connectivity index (χ0v) is 15.3. The predicted molar refractivity (Wildman–Crippen MR) is 101 cm³/mol. The molecule has 1 aliphatic heterocycles. The maximum absolute atomic E-state index is 13.0. The Balaban J connectivity index is 2.13. The Morgan fingerprint density at radius 1 is 1.27 bits per heavy atom. The van der Waals surface area contributed by atoms with Crippen LogP contribution in [0.15, 0.2) is 41.7 Å². The Hall–Kier alpha value is -3.20. The number of carbonyl (C=O) groups excluding carboxylic acids is 1. The van der Waals surface area contributed by atoms with Gasteiger partial charge in [-0.2, -0.15) is 0 Å². The molecule has 0 aliphatic carbocycles. The molecular formula is C20H21N5O. The molecule has 1 amide bonds. The van der Waals surface area contributed by atoms with E-state index in [-0.39, 0.29) is 17.8 Å². The largest absolute Gasteiger partial charge is 0.369 e. The first-order valence-corrected chi connectivity index (χ1v) is 8.39. The van der Waals surface area contributed by atoms with Crippen LogP contribution in [0.2, 0.25) is 0 Å². The Morgan fingerprint density at radius 2 is 2.04 bits per heavy atom. The van der Waals surface area contributed by atoms with Crippen LogP contribution in [-0.2, 0) is 10.3 Å². The molecule has 1 unspecified atom stereocenters. The molecule has 3 rings (SSSR count). The molecule has 1 aromatic heterocycles. The fourth-order valence-electron chi connectivity index (χ4n) is 3.17. The van der Waals surface area contributed by atoms with E-state index >= 15 is 0 Å². The van der Waals surface area contributed by atoms with Gasteiger partial charge < -0.3 is 5.73 Å². The number of aliphatic imine (C=N–C) groups is 1. The second-order valence-corrected chi connectivity index (χ2v) is 6.50. The van der Waals surface area contributed by atoms with Crippen LogP contribution < -0.4 is 5.73 Å². The van der Waals surface area contributed by atoms with Crippen molar-refractivity contribution in [2.24, 2.45) is 16.6 Å². The first kappa shape index (κ1) is 17.6. The molecular weight excluding hydrogens is 326 g/mol. The third-order valence-corrected chi connectivity index (χ3v) is 4.59. The lowest BCUT2D eigenvalue weighted by Crippen LogP contribution is -2.43. The molecule has 2 aromatic rings. The van der Waals surface area contributed by atoms with E-state index in [0.717, 1.165) is 11.1 Å². The van der Waals surface area contributed by atoms with Gasteiger partial charge in [-0.05, 0) is 30.4 Å². The number of guanidine groups is 1. The van der Waals surface area contributed by atoms with Crippen molar-refractivity contribution in [3.05, 3.63) is 47.9 Å². The van der Waals surface area contributed by atoms with E-state index in [9.17, 15) is 4.79 Å². The summed E-state index contributed by atoms with van der Waals surface area (Å²) in [6.07, 6.45) is 3.31. The van der Waals surface area contributed by atoms with Crippen LogP contribution in [0.3, 0.4) is 0 Å². The summed E-state index contributed by atoms with van der Waals surface area (Å²) in [5.74, 6) is 5.78. The normalized spacial score (nSPS) is 19.3. The van der Waals surface area contributed by atoms with Gasteiger partial charge in [-0.15, -0.1) is 0 Å². The zero-order valence-electron chi connectivity index (χ0n) is 15.3. The summed E-state index contributed by atoms with van der Waals surface area (Å²) in [4.78, 5) is 27.6. The molecule has 132 valence electrons. The van der Waals surface area contributed by atoms with E-state index in [4.69, 9.17) is 5.73 Å². The number of amides is 1. The van der Waals surface area contributed by atoms with Crippen LogP contribution in [0.1, 0.15) is 32.0 Å². The third kappa shape index (κ3) is 2.72. The van der Waals surface area contributed by atoms with Crippen LogP contribution in [0.5, 0.6) is 0 Å². The minimum absolute atomic E-state index is 0.0582. The molecule has 0 saturated heterocycles. The highest BCUT2D eigenvalue weighted by atomic mass is 16.2. The lowest BCUT2D eigenvalue weighted by Gasteiger charge is -2.29. The van der Waals surface area contributed by atoms with Crippen molar-refractivity contribution in [1.29, 1.82) is 0 Å². The van der Waals surface area contributed by atoms with Gasteiger partial charge in [0.1, 0.15) is 5.69 Å². The first-order valence-electron chi connectivity index (χ1n) is 8.39. The number of nitrogens with zero attached hydrogens (tertiary/aromatic N) is 4. The van der Waals surface area contributed by atoms with Crippen molar-refractivity contribution in [2.45, 2.75) is 26.3 Å². The van der Waals surface area contributed by atoms with Gasteiger partial charge in [0.05, 0.1) is 18.1 Å². The molecule has 26 heavy (non-hydrogen) atoms. The van der Waals surface area contributed by atoms with E-state index < -0.39 is 5.54 Å². The molecule has 1 aromatic carbocycles. The quantitative estimate of drug-likeness (QED) is 0.862. The molecule has 2 N–H and O–H groups in total. The maximum Gasteiger partial charge on any atom is 0.261 e. The van der Waals surface area contributed by atoms with Gasteiger partial charge in [0, 0.05) is 12.6 Å². The average Bonchev–Trinajstić information content (AvgIpc) is 2.87. The number of carbonyl (C=O) groups is 1. The Labute approximate surface area is 153 Å². The van der Waals surface area contributed by atoms with Gasteiger partial charge in [0.2, 0.25) is 0 Å². The lowest BCUT2D eigenvalue weighted by molar-refractivity contribution is -0.132. The molecule has 2 heterocycles. The smallest absolute Gasteiger partial charge is 0.261 e. The second kappa shape index (κ2) is 6.60. The van der Waals surface area contributed by atoms with Gasteiger partial charge in [0.25, 0.3) is 5.91 Å². The Bertz CT molecular complexity index is 954. The van der Waals surface area contributed by atoms with Gasteiger partial charge >= 0.3 is 0 Å². The summed E-state index contributed by atoms with van der Waals surface area (Å²) in [6.45, 7) is 5.70. The number of rotatable bonds is 3. The highest BCUT2D eigenvalue weighted by molar-refractivity contribution is 6.07. The maximum atomic E-state index is 13.0. The highest BCUT2D eigenvalue weighted by Gasteiger charge is 2.50.